The highest BCUT2D eigenvalue weighted by Crippen LogP contribution is 2.26. The Morgan fingerprint density at radius 2 is 1.93 bits per heavy atom. The molecule has 4 aromatic rings. The van der Waals surface area contributed by atoms with Crippen LogP contribution in [0.4, 0.5) is 0 Å². The second-order valence-electron chi connectivity index (χ2n) is 6.03. The summed E-state index contributed by atoms with van der Waals surface area (Å²) < 4.78 is 7.19. The summed E-state index contributed by atoms with van der Waals surface area (Å²) in [6, 6.07) is 16.4. The number of aromatic nitrogens is 2. The molecule has 2 aromatic heterocycles. The minimum absolute atomic E-state index is 0.239. The highest BCUT2D eigenvalue weighted by molar-refractivity contribution is 6.32. The molecule has 134 valence electrons. The Balaban J connectivity index is 1.65. The molecule has 4 nitrogen and oxygen atoms in total. The fraction of sp³-hybridized carbons (Fsp3) is 0.0476. The van der Waals surface area contributed by atoms with E-state index >= 15 is 0 Å². The fourth-order valence-electron chi connectivity index (χ4n) is 2.82. The first-order valence-corrected chi connectivity index (χ1v) is 9.00. The van der Waals surface area contributed by atoms with Gasteiger partial charge >= 0.3 is 0 Å². The van der Waals surface area contributed by atoms with Crippen molar-refractivity contribution < 1.29 is 9.21 Å². The summed E-state index contributed by atoms with van der Waals surface area (Å²) in [7, 11) is 0. The molecule has 0 spiro atoms. The first-order chi connectivity index (χ1) is 13.0. The molecule has 0 amide bonds. The van der Waals surface area contributed by atoms with E-state index in [1.54, 1.807) is 29.0 Å². The summed E-state index contributed by atoms with van der Waals surface area (Å²) >= 11 is 12.5. The number of carbonyl (C=O) groups excluding carboxylic acids is 1. The van der Waals surface area contributed by atoms with E-state index in [1.165, 1.54) is 6.08 Å². The van der Waals surface area contributed by atoms with Crippen molar-refractivity contribution in [3.05, 3.63) is 87.9 Å². The lowest BCUT2D eigenvalue weighted by atomic mass is 10.2. The molecule has 0 N–H and O–H groups in total. The van der Waals surface area contributed by atoms with Gasteiger partial charge in [0.1, 0.15) is 10.7 Å². The zero-order chi connectivity index (χ0) is 19.0. The molecule has 0 saturated carbocycles. The van der Waals surface area contributed by atoms with Crippen LogP contribution in [-0.4, -0.2) is 15.6 Å². The van der Waals surface area contributed by atoms with E-state index in [2.05, 4.69) is 5.10 Å². The molecule has 6 heteroatoms. The maximum absolute atomic E-state index is 12.5. The Hall–Kier alpha value is -2.82. The van der Waals surface area contributed by atoms with Crippen LogP contribution in [0.3, 0.4) is 0 Å². The number of allylic oxidation sites excluding steroid dienone is 1. The van der Waals surface area contributed by atoms with Crippen LogP contribution in [0.2, 0.25) is 10.2 Å². The molecule has 0 unspecified atom stereocenters. The monoisotopic (exact) mass is 396 g/mol. The SMILES string of the molecule is Cc1nn(-c2cccc(Cl)c2)c(Cl)c1C=CC(=O)c1cc2ccccc2o1. The Kier molecular flexibility index (Phi) is 4.60. The predicted molar refractivity (Wildman–Crippen MR) is 108 cm³/mol. The van der Waals surface area contributed by atoms with Gasteiger partial charge in [-0.1, -0.05) is 47.5 Å². The Morgan fingerprint density at radius 1 is 1.11 bits per heavy atom. The van der Waals surface area contributed by atoms with Crippen LogP contribution < -0.4 is 0 Å². The number of para-hydroxylation sites is 1. The third-order valence-electron chi connectivity index (χ3n) is 4.17. The topological polar surface area (TPSA) is 48.0 Å². The van der Waals surface area contributed by atoms with Gasteiger partial charge in [-0.05, 0) is 49.4 Å². The smallest absolute Gasteiger partial charge is 0.221 e. The van der Waals surface area contributed by atoms with Gasteiger partial charge in [0.05, 0.1) is 11.4 Å². The second kappa shape index (κ2) is 7.06. The number of carbonyl (C=O) groups is 1. The van der Waals surface area contributed by atoms with Gasteiger partial charge in [0.25, 0.3) is 0 Å². The molecule has 2 heterocycles. The van der Waals surface area contributed by atoms with Gasteiger partial charge in [0.2, 0.25) is 5.78 Å². The molecule has 0 bridgehead atoms. The highest BCUT2D eigenvalue weighted by atomic mass is 35.5. The van der Waals surface area contributed by atoms with Gasteiger partial charge in [0, 0.05) is 16.0 Å². The van der Waals surface area contributed by atoms with Crippen molar-refractivity contribution in [2.75, 3.05) is 0 Å². The standard InChI is InChI=1S/C21H14Cl2N2O2/c1-13-17(21(23)25(24-13)16-7-4-6-15(22)12-16)9-10-18(26)20-11-14-5-2-3-8-19(14)27-20/h2-12H,1H3. The quantitative estimate of drug-likeness (QED) is 0.307. The number of nitrogens with zero attached hydrogens (tertiary/aromatic N) is 2. The van der Waals surface area contributed by atoms with Crippen LogP contribution in [0.5, 0.6) is 0 Å². The summed E-state index contributed by atoms with van der Waals surface area (Å²) in [5.74, 6) is 0.0423. The lowest BCUT2D eigenvalue weighted by molar-refractivity contribution is 0.102. The molecule has 0 aliphatic rings. The number of fused-ring (bicyclic) bond motifs is 1. The fourth-order valence-corrected chi connectivity index (χ4v) is 3.34. The minimum Gasteiger partial charge on any atom is -0.453 e. The molecular formula is C21H14Cl2N2O2. The molecule has 0 fully saturated rings. The number of aryl methyl sites for hydroxylation is 1. The summed E-state index contributed by atoms with van der Waals surface area (Å²) in [5.41, 5.74) is 2.80. The van der Waals surface area contributed by atoms with Gasteiger partial charge in [-0.15, -0.1) is 0 Å². The van der Waals surface area contributed by atoms with E-state index in [-0.39, 0.29) is 11.5 Å². The highest BCUT2D eigenvalue weighted by Gasteiger charge is 2.14. The maximum Gasteiger partial charge on any atom is 0.221 e. The average Bonchev–Trinajstić information content (AvgIpc) is 3.21. The average molecular weight is 397 g/mol. The zero-order valence-electron chi connectivity index (χ0n) is 14.3. The van der Waals surface area contributed by atoms with Crippen molar-refractivity contribution in [3.8, 4) is 5.69 Å². The lowest BCUT2D eigenvalue weighted by Crippen LogP contribution is -1.96. The van der Waals surface area contributed by atoms with E-state index in [9.17, 15) is 4.79 Å². The largest absolute Gasteiger partial charge is 0.453 e. The summed E-state index contributed by atoms with van der Waals surface area (Å²) in [4.78, 5) is 12.5. The molecule has 0 atom stereocenters. The van der Waals surface area contributed by atoms with Crippen molar-refractivity contribution >= 4 is 46.0 Å². The van der Waals surface area contributed by atoms with E-state index < -0.39 is 0 Å². The molecule has 0 aliphatic carbocycles. The zero-order valence-corrected chi connectivity index (χ0v) is 15.8. The summed E-state index contributed by atoms with van der Waals surface area (Å²) in [6.07, 6.45) is 3.09. The first kappa shape index (κ1) is 17.6. The molecular weight excluding hydrogens is 383 g/mol. The maximum atomic E-state index is 12.5. The molecule has 27 heavy (non-hydrogen) atoms. The molecule has 0 saturated heterocycles. The first-order valence-electron chi connectivity index (χ1n) is 8.25. The van der Waals surface area contributed by atoms with Crippen LogP contribution >= 0.6 is 23.2 Å². The van der Waals surface area contributed by atoms with Crippen molar-refractivity contribution in [2.24, 2.45) is 0 Å². The number of hydrogen-bond donors (Lipinski definition) is 0. The van der Waals surface area contributed by atoms with Crippen LogP contribution in [0.1, 0.15) is 21.8 Å². The van der Waals surface area contributed by atoms with Crippen LogP contribution in [0, 0.1) is 6.92 Å². The normalized spacial score (nSPS) is 11.5. The number of hydrogen-bond acceptors (Lipinski definition) is 3. The molecule has 2 aromatic carbocycles. The minimum atomic E-state index is -0.239. The molecule has 0 aliphatic heterocycles. The van der Waals surface area contributed by atoms with Crippen molar-refractivity contribution in [1.82, 2.24) is 9.78 Å². The van der Waals surface area contributed by atoms with E-state index in [0.29, 0.717) is 27.0 Å². The van der Waals surface area contributed by atoms with Gasteiger partial charge in [0.15, 0.2) is 5.76 Å². The number of rotatable bonds is 4. The van der Waals surface area contributed by atoms with Crippen LogP contribution in [-0.2, 0) is 0 Å². The van der Waals surface area contributed by atoms with E-state index in [0.717, 1.165) is 11.1 Å². The number of halogens is 2. The lowest BCUT2D eigenvalue weighted by Gasteiger charge is -2.03. The van der Waals surface area contributed by atoms with Gasteiger partial charge in [-0.3, -0.25) is 4.79 Å². The van der Waals surface area contributed by atoms with Crippen LogP contribution in [0.15, 0.2) is 65.1 Å². The van der Waals surface area contributed by atoms with Gasteiger partial charge in [-0.2, -0.15) is 5.10 Å². The van der Waals surface area contributed by atoms with Gasteiger partial charge in [-0.25, -0.2) is 4.68 Å². The van der Waals surface area contributed by atoms with Crippen LogP contribution in [0.25, 0.3) is 22.7 Å². The van der Waals surface area contributed by atoms with Gasteiger partial charge < -0.3 is 4.42 Å². The summed E-state index contributed by atoms with van der Waals surface area (Å²) in [5, 5.41) is 6.33. The number of benzene rings is 2. The molecule has 0 radical (unpaired) electrons. The second-order valence-corrected chi connectivity index (χ2v) is 6.82. The third kappa shape index (κ3) is 3.42. The van der Waals surface area contributed by atoms with Crippen molar-refractivity contribution in [3.63, 3.8) is 0 Å². The number of ketones is 1. The summed E-state index contributed by atoms with van der Waals surface area (Å²) in [6.45, 7) is 1.83. The predicted octanol–water partition coefficient (Wildman–Crippen LogP) is 6.13. The Morgan fingerprint density at radius 3 is 2.70 bits per heavy atom. The van der Waals surface area contributed by atoms with E-state index in [1.807, 2.05) is 43.3 Å². The number of furan rings is 1. The third-order valence-corrected chi connectivity index (χ3v) is 4.77. The Labute approximate surface area is 165 Å². The van der Waals surface area contributed by atoms with Crippen molar-refractivity contribution in [1.29, 1.82) is 0 Å². The molecule has 4 rings (SSSR count). The van der Waals surface area contributed by atoms with Crippen molar-refractivity contribution in [2.45, 2.75) is 6.92 Å². The van der Waals surface area contributed by atoms with E-state index in [4.69, 9.17) is 27.6 Å². The Bertz CT molecular complexity index is 1160.